The maximum Gasteiger partial charge on any atom is 0.238 e. The number of carbonyl (C=O) groups is 1. The summed E-state index contributed by atoms with van der Waals surface area (Å²) in [5.74, 6) is 0.947. The SMILES string of the molecule is Cc1ccccc1C1NCC(=O)N1CC1CCCCC1. The molecule has 3 heteroatoms. The summed E-state index contributed by atoms with van der Waals surface area (Å²) in [6, 6.07) is 8.38. The molecule has 1 amide bonds. The van der Waals surface area contributed by atoms with E-state index in [4.69, 9.17) is 0 Å². The molecule has 1 aliphatic carbocycles. The van der Waals surface area contributed by atoms with Crippen molar-refractivity contribution < 1.29 is 4.79 Å². The Kier molecular flexibility index (Phi) is 4.06. The van der Waals surface area contributed by atoms with Gasteiger partial charge in [-0.05, 0) is 36.8 Å². The second-order valence-corrected chi connectivity index (χ2v) is 6.19. The highest BCUT2D eigenvalue weighted by Crippen LogP contribution is 2.30. The van der Waals surface area contributed by atoms with Crippen LogP contribution >= 0.6 is 0 Å². The first-order valence-corrected chi connectivity index (χ1v) is 7.84. The van der Waals surface area contributed by atoms with E-state index in [0.29, 0.717) is 12.5 Å². The summed E-state index contributed by atoms with van der Waals surface area (Å²) in [6.45, 7) is 3.52. The van der Waals surface area contributed by atoms with Gasteiger partial charge in [-0.2, -0.15) is 0 Å². The number of nitrogens with zero attached hydrogens (tertiary/aromatic N) is 1. The van der Waals surface area contributed by atoms with Gasteiger partial charge in [-0.3, -0.25) is 10.1 Å². The lowest BCUT2D eigenvalue weighted by molar-refractivity contribution is -0.128. The van der Waals surface area contributed by atoms with Gasteiger partial charge in [-0.25, -0.2) is 0 Å². The first kappa shape index (κ1) is 13.6. The van der Waals surface area contributed by atoms with Crippen molar-refractivity contribution in [3.63, 3.8) is 0 Å². The van der Waals surface area contributed by atoms with E-state index in [-0.39, 0.29) is 12.1 Å². The Morgan fingerprint density at radius 3 is 2.70 bits per heavy atom. The molecule has 1 heterocycles. The standard InChI is InChI=1S/C17H24N2O/c1-13-7-5-6-10-15(13)17-18-11-16(20)19(17)12-14-8-3-2-4-9-14/h5-7,10,14,17-18H,2-4,8-9,11-12H2,1H3. The molecule has 20 heavy (non-hydrogen) atoms. The number of nitrogens with one attached hydrogen (secondary N) is 1. The Labute approximate surface area is 121 Å². The molecule has 1 aliphatic heterocycles. The van der Waals surface area contributed by atoms with Gasteiger partial charge in [0.1, 0.15) is 6.17 Å². The van der Waals surface area contributed by atoms with Crippen molar-refractivity contribution in [3.05, 3.63) is 35.4 Å². The fourth-order valence-electron chi connectivity index (χ4n) is 3.57. The highest BCUT2D eigenvalue weighted by molar-refractivity contribution is 5.81. The van der Waals surface area contributed by atoms with Crippen LogP contribution in [0.3, 0.4) is 0 Å². The Morgan fingerprint density at radius 2 is 1.95 bits per heavy atom. The molecular weight excluding hydrogens is 248 g/mol. The van der Waals surface area contributed by atoms with E-state index in [2.05, 4.69) is 41.4 Å². The van der Waals surface area contributed by atoms with Crippen LogP contribution in [-0.2, 0) is 4.79 Å². The number of hydrogen-bond acceptors (Lipinski definition) is 2. The third kappa shape index (κ3) is 2.73. The van der Waals surface area contributed by atoms with Crippen LogP contribution < -0.4 is 5.32 Å². The van der Waals surface area contributed by atoms with Gasteiger partial charge in [-0.1, -0.05) is 43.5 Å². The van der Waals surface area contributed by atoms with Crippen LogP contribution in [0.1, 0.15) is 49.4 Å². The van der Waals surface area contributed by atoms with Gasteiger partial charge in [0.05, 0.1) is 6.54 Å². The van der Waals surface area contributed by atoms with Crippen LogP contribution in [0.5, 0.6) is 0 Å². The Morgan fingerprint density at radius 1 is 1.20 bits per heavy atom. The maximum absolute atomic E-state index is 12.2. The van der Waals surface area contributed by atoms with Crippen molar-refractivity contribution in [2.45, 2.75) is 45.2 Å². The summed E-state index contributed by atoms with van der Waals surface area (Å²) < 4.78 is 0. The average Bonchev–Trinajstić information content (AvgIpc) is 2.82. The number of rotatable bonds is 3. The van der Waals surface area contributed by atoms with Crippen molar-refractivity contribution in [1.82, 2.24) is 10.2 Å². The van der Waals surface area contributed by atoms with Crippen LogP contribution in [0.15, 0.2) is 24.3 Å². The molecule has 3 nitrogen and oxygen atoms in total. The molecule has 2 aliphatic rings. The summed E-state index contributed by atoms with van der Waals surface area (Å²) in [4.78, 5) is 14.3. The van der Waals surface area contributed by atoms with Crippen LogP contribution in [0.4, 0.5) is 0 Å². The molecule has 1 saturated carbocycles. The molecule has 1 N–H and O–H groups in total. The lowest BCUT2D eigenvalue weighted by atomic mass is 9.88. The summed E-state index contributed by atoms with van der Waals surface area (Å²) in [6.07, 6.45) is 6.66. The van der Waals surface area contributed by atoms with Gasteiger partial charge in [0.25, 0.3) is 0 Å². The molecule has 1 aromatic rings. The summed E-state index contributed by atoms with van der Waals surface area (Å²) in [7, 11) is 0. The van der Waals surface area contributed by atoms with Crippen LogP contribution in [0.2, 0.25) is 0 Å². The lowest BCUT2D eigenvalue weighted by Gasteiger charge is -2.31. The zero-order valence-corrected chi connectivity index (χ0v) is 12.3. The molecule has 1 unspecified atom stereocenters. The van der Waals surface area contributed by atoms with E-state index in [1.165, 1.54) is 43.2 Å². The summed E-state index contributed by atoms with van der Waals surface area (Å²) in [5, 5.41) is 3.38. The third-order valence-corrected chi connectivity index (χ3v) is 4.74. The molecule has 108 valence electrons. The second-order valence-electron chi connectivity index (χ2n) is 6.19. The fourth-order valence-corrected chi connectivity index (χ4v) is 3.57. The van der Waals surface area contributed by atoms with Crippen molar-refractivity contribution >= 4 is 5.91 Å². The third-order valence-electron chi connectivity index (χ3n) is 4.74. The number of amides is 1. The molecule has 0 spiro atoms. The average molecular weight is 272 g/mol. The van der Waals surface area contributed by atoms with Gasteiger partial charge < -0.3 is 4.90 Å². The number of benzene rings is 1. The van der Waals surface area contributed by atoms with E-state index in [1.54, 1.807) is 0 Å². The molecular formula is C17H24N2O. The first-order valence-electron chi connectivity index (χ1n) is 7.84. The minimum Gasteiger partial charge on any atom is -0.322 e. The Hall–Kier alpha value is -1.35. The minimum absolute atomic E-state index is 0.0747. The lowest BCUT2D eigenvalue weighted by Crippen LogP contribution is -2.35. The molecule has 3 rings (SSSR count). The van der Waals surface area contributed by atoms with Gasteiger partial charge in [-0.15, -0.1) is 0 Å². The van der Waals surface area contributed by atoms with Gasteiger partial charge in [0.2, 0.25) is 5.91 Å². The van der Waals surface area contributed by atoms with Crippen molar-refractivity contribution in [2.24, 2.45) is 5.92 Å². The van der Waals surface area contributed by atoms with E-state index in [0.717, 1.165) is 6.54 Å². The fraction of sp³-hybridized carbons (Fsp3) is 0.588. The number of hydrogen-bond donors (Lipinski definition) is 1. The summed E-state index contributed by atoms with van der Waals surface area (Å²) in [5.41, 5.74) is 2.50. The van der Waals surface area contributed by atoms with E-state index in [9.17, 15) is 4.79 Å². The van der Waals surface area contributed by atoms with Crippen molar-refractivity contribution in [2.75, 3.05) is 13.1 Å². The van der Waals surface area contributed by atoms with Gasteiger partial charge >= 0.3 is 0 Å². The highest BCUT2D eigenvalue weighted by atomic mass is 16.2. The predicted octanol–water partition coefficient (Wildman–Crippen LogP) is 3.01. The quantitative estimate of drug-likeness (QED) is 0.917. The molecule has 0 radical (unpaired) electrons. The normalized spacial score (nSPS) is 24.4. The molecule has 1 aromatic carbocycles. The Balaban J connectivity index is 1.76. The molecule has 1 saturated heterocycles. The number of aryl methyl sites for hydroxylation is 1. The van der Waals surface area contributed by atoms with E-state index in [1.807, 2.05) is 0 Å². The van der Waals surface area contributed by atoms with E-state index >= 15 is 0 Å². The first-order chi connectivity index (χ1) is 9.75. The smallest absolute Gasteiger partial charge is 0.238 e. The van der Waals surface area contributed by atoms with Gasteiger partial charge in [0.15, 0.2) is 0 Å². The zero-order chi connectivity index (χ0) is 13.9. The maximum atomic E-state index is 12.2. The van der Waals surface area contributed by atoms with Gasteiger partial charge in [0, 0.05) is 6.54 Å². The topological polar surface area (TPSA) is 32.3 Å². The van der Waals surface area contributed by atoms with Crippen LogP contribution in [-0.4, -0.2) is 23.9 Å². The molecule has 0 aromatic heterocycles. The second kappa shape index (κ2) is 5.96. The Bertz CT molecular complexity index is 480. The molecule has 1 atom stereocenters. The van der Waals surface area contributed by atoms with Crippen molar-refractivity contribution in [3.8, 4) is 0 Å². The van der Waals surface area contributed by atoms with Crippen LogP contribution in [0, 0.1) is 12.8 Å². The van der Waals surface area contributed by atoms with E-state index < -0.39 is 0 Å². The van der Waals surface area contributed by atoms with Crippen LogP contribution in [0.25, 0.3) is 0 Å². The molecule has 2 fully saturated rings. The summed E-state index contributed by atoms with van der Waals surface area (Å²) >= 11 is 0. The predicted molar refractivity (Wildman–Crippen MR) is 80.2 cm³/mol. The highest BCUT2D eigenvalue weighted by Gasteiger charge is 2.33. The van der Waals surface area contributed by atoms with Crippen molar-refractivity contribution in [1.29, 1.82) is 0 Å². The minimum atomic E-state index is 0.0747. The molecule has 0 bridgehead atoms. The largest absolute Gasteiger partial charge is 0.322 e. The zero-order valence-electron chi connectivity index (χ0n) is 12.3. The number of carbonyl (C=O) groups excluding carboxylic acids is 1. The monoisotopic (exact) mass is 272 g/mol.